The van der Waals surface area contributed by atoms with Gasteiger partial charge in [-0.15, -0.1) is 0 Å². The highest BCUT2D eigenvalue weighted by atomic mass is 32.2. The molecule has 8 nitrogen and oxygen atoms in total. The van der Waals surface area contributed by atoms with E-state index in [0.29, 0.717) is 11.5 Å². The van der Waals surface area contributed by atoms with Crippen LogP contribution >= 0.6 is 0 Å². The lowest BCUT2D eigenvalue weighted by Crippen LogP contribution is -2.53. The van der Waals surface area contributed by atoms with Gasteiger partial charge < -0.3 is 15.8 Å². The van der Waals surface area contributed by atoms with E-state index in [-0.39, 0.29) is 22.9 Å². The van der Waals surface area contributed by atoms with Crippen molar-refractivity contribution in [1.82, 2.24) is 9.97 Å². The first-order chi connectivity index (χ1) is 14.9. The maximum absolute atomic E-state index is 14.6. The Labute approximate surface area is 182 Å². The Morgan fingerprint density at radius 1 is 1.26 bits per heavy atom. The van der Waals surface area contributed by atoms with Gasteiger partial charge in [0.05, 0.1) is 31.3 Å². The number of benzene rings is 1. The van der Waals surface area contributed by atoms with E-state index in [9.17, 15) is 13.4 Å². The van der Waals surface area contributed by atoms with Crippen LogP contribution in [0, 0.1) is 5.82 Å². The van der Waals surface area contributed by atoms with Crippen LogP contribution in [0.2, 0.25) is 0 Å². The number of aromatic nitrogens is 2. The molecule has 2 aromatic rings. The van der Waals surface area contributed by atoms with Crippen molar-refractivity contribution in [1.29, 1.82) is 0 Å². The Balaban J connectivity index is 1.56. The molecule has 2 unspecified atom stereocenters. The van der Waals surface area contributed by atoms with E-state index in [1.54, 1.807) is 0 Å². The number of nitrogens with zero attached hydrogens (tertiary/aromatic N) is 3. The molecule has 4 rings (SSSR count). The lowest BCUT2D eigenvalue weighted by atomic mass is 9.87. The van der Waals surface area contributed by atoms with E-state index < -0.39 is 33.3 Å². The molecule has 1 aromatic carbocycles. The van der Waals surface area contributed by atoms with Crippen molar-refractivity contribution in [3.8, 4) is 5.88 Å². The number of amidine groups is 1. The summed E-state index contributed by atoms with van der Waals surface area (Å²) in [6, 6.07) is 3.54. The summed E-state index contributed by atoms with van der Waals surface area (Å²) in [7, 11) is 0.207. The van der Waals surface area contributed by atoms with Gasteiger partial charge in [0.25, 0.3) is 5.91 Å². The number of rotatable bonds is 4. The number of halogens is 1. The fourth-order valence-electron chi connectivity index (χ4n) is 4.12. The molecule has 2 atom stereocenters. The number of carbonyl (C=O) groups is 1. The Morgan fingerprint density at radius 2 is 2.03 bits per heavy atom. The molecule has 0 radical (unpaired) electrons. The van der Waals surface area contributed by atoms with Crippen molar-refractivity contribution >= 4 is 28.2 Å². The van der Waals surface area contributed by atoms with Crippen LogP contribution in [-0.4, -0.2) is 43.5 Å². The summed E-state index contributed by atoms with van der Waals surface area (Å²) in [5, 5.41) is 2.68. The molecule has 2 aliphatic rings. The van der Waals surface area contributed by atoms with E-state index in [4.69, 9.17) is 10.5 Å². The average Bonchev–Trinajstić information content (AvgIpc) is 2.79. The molecule has 10 heteroatoms. The summed E-state index contributed by atoms with van der Waals surface area (Å²) in [5.41, 5.74) is 6.98. The highest BCUT2D eigenvalue weighted by Crippen LogP contribution is 2.40. The largest absolute Gasteiger partial charge is 0.480 e. The SMILES string of the molecule is COc1cnc(C(=O)Nc2ccc(F)c(C3CS(=O)C4(CCCCC4)C(N)=N3)c2)cn1. The molecule has 1 saturated carbocycles. The second kappa shape index (κ2) is 8.70. The molecule has 164 valence electrons. The number of aliphatic imine (C=N–C) groups is 1. The Bertz CT molecular complexity index is 1040. The van der Waals surface area contributed by atoms with Crippen molar-refractivity contribution in [3.63, 3.8) is 0 Å². The highest BCUT2D eigenvalue weighted by Gasteiger charge is 2.46. The summed E-state index contributed by atoms with van der Waals surface area (Å²) in [4.78, 5) is 24.9. The van der Waals surface area contributed by atoms with Crippen LogP contribution < -0.4 is 15.8 Å². The van der Waals surface area contributed by atoms with Crippen LogP contribution in [0.3, 0.4) is 0 Å². The number of ether oxygens (including phenoxy) is 1. The molecule has 0 saturated heterocycles. The first-order valence-electron chi connectivity index (χ1n) is 10.1. The average molecular weight is 446 g/mol. The molecular weight excluding hydrogens is 421 g/mol. The minimum absolute atomic E-state index is 0.0898. The van der Waals surface area contributed by atoms with E-state index in [2.05, 4.69) is 20.3 Å². The molecule has 1 aliphatic carbocycles. The first-order valence-corrected chi connectivity index (χ1v) is 11.4. The molecule has 3 N–H and O–H groups in total. The van der Waals surface area contributed by atoms with Crippen molar-refractivity contribution in [2.24, 2.45) is 10.7 Å². The first kappa shape index (κ1) is 21.4. The second-order valence-electron chi connectivity index (χ2n) is 7.73. The molecule has 2 heterocycles. The number of methoxy groups -OCH3 is 1. The lowest BCUT2D eigenvalue weighted by molar-refractivity contribution is 0.102. The number of nitrogens with two attached hydrogens (primary N) is 1. The third-order valence-electron chi connectivity index (χ3n) is 5.85. The molecule has 1 aliphatic heterocycles. The fraction of sp³-hybridized carbons (Fsp3) is 0.429. The third-order valence-corrected chi connectivity index (χ3v) is 7.96. The van der Waals surface area contributed by atoms with Gasteiger partial charge in [0.15, 0.2) is 0 Å². The van der Waals surface area contributed by atoms with Gasteiger partial charge in [-0.05, 0) is 31.0 Å². The molecular formula is C21H24FN5O3S. The summed E-state index contributed by atoms with van der Waals surface area (Å²) in [5.74, 6) is -0.135. The van der Waals surface area contributed by atoms with Gasteiger partial charge in [-0.3, -0.25) is 14.0 Å². The molecule has 1 amide bonds. The normalized spacial score (nSPS) is 22.6. The standard InChI is InChI=1S/C21H24FN5O3S/c1-30-18-11-24-16(10-25-18)19(28)26-13-5-6-15(22)14(9-13)17-12-31(29)21(20(23)27-17)7-3-2-4-8-21/h5-6,9-11,17H,2-4,7-8,12H2,1H3,(H2,23,27)(H,26,28). The van der Waals surface area contributed by atoms with Gasteiger partial charge in [-0.1, -0.05) is 19.3 Å². The van der Waals surface area contributed by atoms with Crippen LogP contribution in [0.1, 0.15) is 54.2 Å². The summed E-state index contributed by atoms with van der Waals surface area (Å²) in [6.07, 6.45) is 7.17. The molecule has 1 aromatic heterocycles. The number of amides is 1. The van der Waals surface area contributed by atoms with Gasteiger partial charge in [0.2, 0.25) is 5.88 Å². The van der Waals surface area contributed by atoms with Gasteiger partial charge in [-0.2, -0.15) is 0 Å². The van der Waals surface area contributed by atoms with Gasteiger partial charge >= 0.3 is 0 Å². The van der Waals surface area contributed by atoms with Crippen molar-refractivity contribution in [2.75, 3.05) is 18.2 Å². The van der Waals surface area contributed by atoms with E-state index in [0.717, 1.165) is 32.1 Å². The van der Waals surface area contributed by atoms with Crippen LogP contribution in [0.4, 0.5) is 10.1 Å². The van der Waals surface area contributed by atoms with Gasteiger partial charge in [-0.25, -0.2) is 14.4 Å². The summed E-state index contributed by atoms with van der Waals surface area (Å²) < 4.78 is 32.1. The smallest absolute Gasteiger partial charge is 0.275 e. The van der Waals surface area contributed by atoms with Crippen LogP contribution in [-0.2, 0) is 10.8 Å². The number of carbonyl (C=O) groups excluding carboxylic acids is 1. The van der Waals surface area contributed by atoms with Gasteiger partial charge in [0.1, 0.15) is 22.1 Å². The maximum Gasteiger partial charge on any atom is 0.275 e. The van der Waals surface area contributed by atoms with Crippen LogP contribution in [0.25, 0.3) is 0 Å². The van der Waals surface area contributed by atoms with Crippen molar-refractivity contribution < 1.29 is 18.1 Å². The number of hydrogen-bond acceptors (Lipinski definition) is 7. The minimum atomic E-state index is -1.24. The minimum Gasteiger partial charge on any atom is -0.480 e. The third kappa shape index (κ3) is 4.16. The highest BCUT2D eigenvalue weighted by molar-refractivity contribution is 7.87. The monoisotopic (exact) mass is 445 g/mol. The Kier molecular flexibility index (Phi) is 5.99. The Morgan fingerprint density at radius 3 is 2.68 bits per heavy atom. The topological polar surface area (TPSA) is 120 Å². The zero-order valence-electron chi connectivity index (χ0n) is 17.1. The Hall–Kier alpha value is -2.88. The molecule has 31 heavy (non-hydrogen) atoms. The van der Waals surface area contributed by atoms with E-state index >= 15 is 0 Å². The number of anilines is 1. The van der Waals surface area contributed by atoms with Gasteiger partial charge in [0, 0.05) is 22.1 Å². The lowest BCUT2D eigenvalue weighted by Gasteiger charge is -2.40. The molecule has 0 bridgehead atoms. The molecule has 1 fully saturated rings. The maximum atomic E-state index is 14.6. The fourth-order valence-corrected chi connectivity index (χ4v) is 6.01. The van der Waals surface area contributed by atoms with Crippen LogP contribution in [0.15, 0.2) is 35.6 Å². The quantitative estimate of drug-likeness (QED) is 0.747. The zero-order chi connectivity index (χ0) is 22.0. The predicted octanol–water partition coefficient (Wildman–Crippen LogP) is 2.74. The summed E-state index contributed by atoms with van der Waals surface area (Å²) >= 11 is 0. The zero-order valence-corrected chi connectivity index (χ0v) is 18.0. The van der Waals surface area contributed by atoms with E-state index in [1.165, 1.54) is 37.7 Å². The van der Waals surface area contributed by atoms with Crippen molar-refractivity contribution in [2.45, 2.75) is 42.9 Å². The van der Waals surface area contributed by atoms with Crippen molar-refractivity contribution in [3.05, 3.63) is 47.7 Å². The predicted molar refractivity (Wildman–Crippen MR) is 116 cm³/mol. The summed E-state index contributed by atoms with van der Waals surface area (Å²) in [6.45, 7) is 0. The number of hydrogen-bond donors (Lipinski definition) is 2. The van der Waals surface area contributed by atoms with E-state index in [1.807, 2.05) is 0 Å². The second-order valence-corrected chi connectivity index (χ2v) is 9.54. The number of nitrogens with one attached hydrogen (secondary N) is 1. The molecule has 1 spiro atoms. The van der Waals surface area contributed by atoms with Crippen LogP contribution in [0.5, 0.6) is 5.88 Å².